The van der Waals surface area contributed by atoms with Crippen LogP contribution in [0.3, 0.4) is 0 Å². The zero-order valence-corrected chi connectivity index (χ0v) is 17.7. The van der Waals surface area contributed by atoms with Crippen LogP contribution < -0.4 is 9.47 Å². The minimum atomic E-state index is 0.273. The average molecular weight is 403 g/mol. The van der Waals surface area contributed by atoms with Crippen molar-refractivity contribution in [2.24, 2.45) is 0 Å². The Hall–Kier alpha value is -1.76. The number of benzene rings is 2. The van der Waals surface area contributed by atoms with E-state index in [1.165, 1.54) is 11.1 Å². The standard InChI is InChI=1S/C21H26N2O2S2/c1-16(18-7-5-4-6-8-18)23-14-22(15-27-21(23)26)12-11-17-9-10-19(24-2)20(13-17)25-3/h4-10,13,16H,11-12,14-15H2,1-3H3. The second kappa shape index (κ2) is 9.44. The Morgan fingerprint density at radius 3 is 2.52 bits per heavy atom. The van der Waals surface area contributed by atoms with Gasteiger partial charge in [0, 0.05) is 6.54 Å². The van der Waals surface area contributed by atoms with Crippen LogP contribution in [-0.2, 0) is 6.42 Å². The number of ether oxygens (including phenoxy) is 2. The van der Waals surface area contributed by atoms with E-state index in [4.69, 9.17) is 21.7 Å². The van der Waals surface area contributed by atoms with Crippen molar-refractivity contribution >= 4 is 28.3 Å². The van der Waals surface area contributed by atoms with E-state index < -0.39 is 0 Å². The van der Waals surface area contributed by atoms with E-state index in [2.05, 4.69) is 59.2 Å². The first-order valence-electron chi connectivity index (χ1n) is 9.04. The van der Waals surface area contributed by atoms with Gasteiger partial charge in [0.05, 0.1) is 32.8 Å². The number of nitrogens with zero attached hydrogens (tertiary/aromatic N) is 2. The van der Waals surface area contributed by atoms with Gasteiger partial charge in [0.1, 0.15) is 4.32 Å². The zero-order valence-electron chi connectivity index (χ0n) is 16.1. The second-order valence-electron chi connectivity index (χ2n) is 6.57. The van der Waals surface area contributed by atoms with E-state index in [0.717, 1.165) is 41.3 Å². The van der Waals surface area contributed by atoms with Gasteiger partial charge in [-0.15, -0.1) is 0 Å². The quantitative estimate of drug-likeness (QED) is 0.630. The number of thioether (sulfide) groups is 1. The maximum atomic E-state index is 5.63. The molecule has 2 aromatic carbocycles. The number of rotatable bonds is 7. The summed E-state index contributed by atoms with van der Waals surface area (Å²) in [6.45, 7) is 4.05. The van der Waals surface area contributed by atoms with Crippen molar-refractivity contribution in [1.82, 2.24) is 9.80 Å². The largest absolute Gasteiger partial charge is 0.493 e. The highest BCUT2D eigenvalue weighted by molar-refractivity contribution is 8.22. The summed E-state index contributed by atoms with van der Waals surface area (Å²) in [5.74, 6) is 2.48. The molecule has 0 aliphatic carbocycles. The molecule has 4 nitrogen and oxygen atoms in total. The van der Waals surface area contributed by atoms with E-state index in [9.17, 15) is 0 Å². The highest BCUT2D eigenvalue weighted by Crippen LogP contribution is 2.30. The third-order valence-electron chi connectivity index (χ3n) is 4.87. The summed E-state index contributed by atoms with van der Waals surface area (Å²) >= 11 is 7.37. The number of hydrogen-bond acceptors (Lipinski definition) is 5. The number of hydrogen-bond donors (Lipinski definition) is 0. The molecule has 3 rings (SSSR count). The molecule has 0 spiro atoms. The molecule has 0 radical (unpaired) electrons. The Morgan fingerprint density at radius 1 is 1.07 bits per heavy atom. The van der Waals surface area contributed by atoms with Gasteiger partial charge in [-0.1, -0.05) is 60.4 Å². The maximum Gasteiger partial charge on any atom is 0.160 e. The normalized spacial score (nSPS) is 16.3. The first kappa shape index (κ1) is 20.0. The average Bonchev–Trinajstić information content (AvgIpc) is 2.73. The first-order chi connectivity index (χ1) is 13.1. The lowest BCUT2D eigenvalue weighted by Crippen LogP contribution is -2.46. The van der Waals surface area contributed by atoms with Gasteiger partial charge in [-0.2, -0.15) is 0 Å². The smallest absolute Gasteiger partial charge is 0.160 e. The predicted octanol–water partition coefficient (Wildman–Crippen LogP) is 4.56. The lowest BCUT2D eigenvalue weighted by Gasteiger charge is -2.40. The molecular weight excluding hydrogens is 376 g/mol. The van der Waals surface area contributed by atoms with Crippen molar-refractivity contribution < 1.29 is 9.47 Å². The SMILES string of the molecule is COc1ccc(CCN2CSC(=S)N(C(C)c3ccccc3)C2)cc1OC. The molecule has 1 saturated heterocycles. The van der Waals surface area contributed by atoms with Gasteiger partial charge in [-0.05, 0) is 36.6 Å². The van der Waals surface area contributed by atoms with Gasteiger partial charge >= 0.3 is 0 Å². The molecule has 1 atom stereocenters. The van der Waals surface area contributed by atoms with Crippen LogP contribution in [0.5, 0.6) is 11.5 Å². The molecule has 27 heavy (non-hydrogen) atoms. The van der Waals surface area contributed by atoms with Crippen LogP contribution in [0.15, 0.2) is 48.5 Å². The molecule has 2 aromatic rings. The minimum Gasteiger partial charge on any atom is -0.493 e. The summed E-state index contributed by atoms with van der Waals surface area (Å²) in [6, 6.07) is 17.0. The molecule has 0 aromatic heterocycles. The second-order valence-corrected chi connectivity index (χ2v) is 8.15. The molecule has 0 amide bonds. The highest BCUT2D eigenvalue weighted by Gasteiger charge is 2.26. The van der Waals surface area contributed by atoms with Gasteiger partial charge in [0.2, 0.25) is 0 Å². The Balaban J connectivity index is 1.62. The number of thiocarbonyl (C=S) groups is 1. The fourth-order valence-electron chi connectivity index (χ4n) is 3.19. The van der Waals surface area contributed by atoms with Crippen LogP contribution in [0.25, 0.3) is 0 Å². The van der Waals surface area contributed by atoms with Crippen LogP contribution in [0.1, 0.15) is 24.1 Å². The summed E-state index contributed by atoms with van der Waals surface area (Å²) < 4.78 is 11.7. The van der Waals surface area contributed by atoms with Gasteiger partial charge < -0.3 is 14.4 Å². The third-order valence-corrected chi connectivity index (χ3v) is 6.44. The van der Waals surface area contributed by atoms with E-state index in [0.29, 0.717) is 0 Å². The monoisotopic (exact) mass is 402 g/mol. The Kier molecular flexibility index (Phi) is 6.99. The highest BCUT2D eigenvalue weighted by atomic mass is 32.2. The summed E-state index contributed by atoms with van der Waals surface area (Å²) in [6.07, 6.45) is 0.960. The van der Waals surface area contributed by atoms with Crippen molar-refractivity contribution in [3.8, 4) is 11.5 Å². The molecule has 0 saturated carbocycles. The molecule has 1 unspecified atom stereocenters. The van der Waals surface area contributed by atoms with Crippen molar-refractivity contribution in [3.05, 3.63) is 59.7 Å². The van der Waals surface area contributed by atoms with Gasteiger partial charge in [-0.25, -0.2) is 0 Å². The fraction of sp³-hybridized carbons (Fsp3) is 0.381. The van der Waals surface area contributed by atoms with E-state index in [1.807, 2.05) is 6.07 Å². The molecule has 1 heterocycles. The van der Waals surface area contributed by atoms with Gasteiger partial charge in [0.25, 0.3) is 0 Å². The molecule has 0 N–H and O–H groups in total. The molecule has 6 heteroatoms. The van der Waals surface area contributed by atoms with Gasteiger partial charge in [0.15, 0.2) is 11.5 Å². The van der Waals surface area contributed by atoms with Crippen LogP contribution in [0.2, 0.25) is 0 Å². The zero-order chi connectivity index (χ0) is 19.2. The van der Waals surface area contributed by atoms with Crippen LogP contribution >= 0.6 is 24.0 Å². The number of methoxy groups -OCH3 is 2. The maximum absolute atomic E-state index is 5.63. The Labute approximate surface area is 171 Å². The van der Waals surface area contributed by atoms with Crippen LogP contribution in [-0.4, -0.2) is 47.4 Å². The van der Waals surface area contributed by atoms with Crippen LogP contribution in [0, 0.1) is 0 Å². The lowest BCUT2D eigenvalue weighted by molar-refractivity contribution is 0.183. The molecular formula is C21H26N2O2S2. The minimum absolute atomic E-state index is 0.273. The Morgan fingerprint density at radius 2 is 1.81 bits per heavy atom. The Bertz CT molecular complexity index is 770. The molecule has 144 valence electrons. The summed E-state index contributed by atoms with van der Waals surface area (Å²) in [5, 5.41) is 0. The molecule has 1 aliphatic rings. The molecule has 1 aliphatic heterocycles. The first-order valence-corrected chi connectivity index (χ1v) is 10.4. The summed E-state index contributed by atoms with van der Waals surface area (Å²) in [5.41, 5.74) is 2.54. The van der Waals surface area contributed by atoms with Gasteiger partial charge in [-0.3, -0.25) is 4.90 Å². The van der Waals surface area contributed by atoms with E-state index in [-0.39, 0.29) is 6.04 Å². The topological polar surface area (TPSA) is 24.9 Å². The third kappa shape index (κ3) is 4.94. The van der Waals surface area contributed by atoms with Crippen molar-refractivity contribution in [2.45, 2.75) is 19.4 Å². The van der Waals surface area contributed by atoms with Crippen molar-refractivity contribution in [1.29, 1.82) is 0 Å². The fourth-order valence-corrected chi connectivity index (χ4v) is 4.45. The predicted molar refractivity (Wildman–Crippen MR) is 117 cm³/mol. The van der Waals surface area contributed by atoms with E-state index >= 15 is 0 Å². The van der Waals surface area contributed by atoms with Crippen LogP contribution in [0.4, 0.5) is 0 Å². The molecule has 1 fully saturated rings. The van der Waals surface area contributed by atoms with E-state index in [1.54, 1.807) is 26.0 Å². The molecule has 0 bridgehead atoms. The lowest BCUT2D eigenvalue weighted by atomic mass is 10.1. The summed E-state index contributed by atoms with van der Waals surface area (Å²) in [7, 11) is 3.33. The van der Waals surface area contributed by atoms with Crippen molar-refractivity contribution in [3.63, 3.8) is 0 Å². The summed E-state index contributed by atoms with van der Waals surface area (Å²) in [4.78, 5) is 4.75. The van der Waals surface area contributed by atoms with Crippen molar-refractivity contribution in [2.75, 3.05) is 33.3 Å².